The molecule has 1 aromatic heterocycles. The SMILES string of the molecule is CCc1nnc(CN2CCC(=Cc3ccccc3)CC2)o1. The Kier molecular flexibility index (Phi) is 4.46. The molecule has 0 amide bonds. The van der Waals surface area contributed by atoms with E-state index in [1.165, 1.54) is 11.1 Å². The third-order valence-electron chi connectivity index (χ3n) is 3.84. The van der Waals surface area contributed by atoms with Crippen LogP contribution in [0.15, 0.2) is 40.3 Å². The fraction of sp³-hybridized carbons (Fsp3) is 0.412. The van der Waals surface area contributed by atoms with E-state index in [2.05, 4.69) is 51.5 Å². The number of nitrogens with zero attached hydrogens (tertiary/aromatic N) is 3. The molecule has 1 aliphatic heterocycles. The zero-order chi connectivity index (χ0) is 14.5. The lowest BCUT2D eigenvalue weighted by Crippen LogP contribution is -2.30. The molecule has 0 aliphatic carbocycles. The average molecular weight is 283 g/mol. The lowest BCUT2D eigenvalue weighted by Gasteiger charge is -2.27. The van der Waals surface area contributed by atoms with Crippen LogP contribution in [0.25, 0.3) is 6.08 Å². The molecular formula is C17H21N3O. The van der Waals surface area contributed by atoms with Gasteiger partial charge in [0.25, 0.3) is 0 Å². The van der Waals surface area contributed by atoms with Crippen molar-refractivity contribution in [3.05, 3.63) is 53.2 Å². The van der Waals surface area contributed by atoms with E-state index in [-0.39, 0.29) is 0 Å². The molecule has 0 atom stereocenters. The van der Waals surface area contributed by atoms with Crippen molar-refractivity contribution in [1.29, 1.82) is 0 Å². The normalized spacial score (nSPS) is 16.1. The first kappa shape index (κ1) is 14.0. The lowest BCUT2D eigenvalue weighted by atomic mass is 10.0. The molecule has 1 aliphatic rings. The summed E-state index contributed by atoms with van der Waals surface area (Å²) in [6.07, 6.45) is 5.35. The van der Waals surface area contributed by atoms with Crippen LogP contribution in [-0.2, 0) is 13.0 Å². The Morgan fingerprint density at radius 2 is 1.81 bits per heavy atom. The van der Waals surface area contributed by atoms with Gasteiger partial charge in [0.05, 0.1) is 6.54 Å². The third kappa shape index (κ3) is 3.79. The van der Waals surface area contributed by atoms with Gasteiger partial charge in [-0.05, 0) is 18.4 Å². The molecule has 0 N–H and O–H groups in total. The van der Waals surface area contributed by atoms with Gasteiger partial charge < -0.3 is 4.42 Å². The van der Waals surface area contributed by atoms with Crippen LogP contribution in [0.3, 0.4) is 0 Å². The molecule has 0 radical (unpaired) electrons. The first-order valence-corrected chi connectivity index (χ1v) is 7.61. The topological polar surface area (TPSA) is 42.2 Å². The number of hydrogen-bond acceptors (Lipinski definition) is 4. The fourth-order valence-electron chi connectivity index (χ4n) is 2.61. The quantitative estimate of drug-likeness (QED) is 0.863. The van der Waals surface area contributed by atoms with E-state index < -0.39 is 0 Å². The Bertz CT molecular complexity index is 594. The van der Waals surface area contributed by atoms with Gasteiger partial charge >= 0.3 is 0 Å². The molecular weight excluding hydrogens is 262 g/mol. The average Bonchev–Trinajstić information content (AvgIpc) is 2.98. The van der Waals surface area contributed by atoms with Crippen LogP contribution in [-0.4, -0.2) is 28.2 Å². The molecule has 4 nitrogen and oxygen atoms in total. The highest BCUT2D eigenvalue weighted by Gasteiger charge is 2.16. The standard InChI is InChI=1S/C17H21N3O/c1-2-16-18-19-17(21-16)13-20-10-8-15(9-11-20)12-14-6-4-3-5-7-14/h3-7,12H,2,8-11,13H2,1H3. The first-order valence-electron chi connectivity index (χ1n) is 7.61. The van der Waals surface area contributed by atoms with Crippen LogP contribution < -0.4 is 0 Å². The molecule has 2 aromatic rings. The van der Waals surface area contributed by atoms with E-state index in [4.69, 9.17) is 4.42 Å². The molecule has 0 saturated carbocycles. The molecule has 0 spiro atoms. The van der Waals surface area contributed by atoms with Gasteiger partial charge in [0.1, 0.15) is 0 Å². The van der Waals surface area contributed by atoms with Crippen molar-refractivity contribution in [2.75, 3.05) is 13.1 Å². The minimum atomic E-state index is 0.728. The molecule has 3 rings (SSSR count). The smallest absolute Gasteiger partial charge is 0.230 e. The van der Waals surface area contributed by atoms with Crippen molar-refractivity contribution < 1.29 is 4.42 Å². The van der Waals surface area contributed by atoms with Gasteiger partial charge in [-0.15, -0.1) is 10.2 Å². The van der Waals surface area contributed by atoms with Crippen molar-refractivity contribution in [2.24, 2.45) is 0 Å². The summed E-state index contributed by atoms with van der Waals surface area (Å²) in [5.74, 6) is 1.47. The summed E-state index contributed by atoms with van der Waals surface area (Å²) in [5, 5.41) is 8.11. The maximum Gasteiger partial charge on any atom is 0.230 e. The largest absolute Gasteiger partial charge is 0.424 e. The molecule has 1 fully saturated rings. The maximum absolute atomic E-state index is 5.58. The third-order valence-corrected chi connectivity index (χ3v) is 3.84. The van der Waals surface area contributed by atoms with Crippen molar-refractivity contribution >= 4 is 6.08 Å². The number of aromatic nitrogens is 2. The number of likely N-dealkylation sites (tertiary alicyclic amines) is 1. The molecule has 0 bridgehead atoms. The number of benzene rings is 1. The summed E-state index contributed by atoms with van der Waals surface area (Å²) in [6, 6.07) is 10.5. The van der Waals surface area contributed by atoms with E-state index >= 15 is 0 Å². The van der Waals surface area contributed by atoms with Gasteiger partial charge in [0.2, 0.25) is 11.8 Å². The van der Waals surface area contributed by atoms with Gasteiger partial charge in [0, 0.05) is 19.5 Å². The minimum absolute atomic E-state index is 0.728. The lowest BCUT2D eigenvalue weighted by molar-refractivity contribution is 0.223. The summed E-state index contributed by atoms with van der Waals surface area (Å²) in [5.41, 5.74) is 2.82. The van der Waals surface area contributed by atoms with Crippen LogP contribution in [0, 0.1) is 0 Å². The Morgan fingerprint density at radius 3 is 2.48 bits per heavy atom. The Morgan fingerprint density at radius 1 is 1.10 bits per heavy atom. The minimum Gasteiger partial charge on any atom is -0.424 e. The monoisotopic (exact) mass is 283 g/mol. The fourth-order valence-corrected chi connectivity index (χ4v) is 2.61. The second-order valence-corrected chi connectivity index (χ2v) is 5.43. The second kappa shape index (κ2) is 6.68. The zero-order valence-electron chi connectivity index (χ0n) is 12.5. The van der Waals surface area contributed by atoms with Crippen molar-refractivity contribution in [1.82, 2.24) is 15.1 Å². The molecule has 1 saturated heterocycles. The zero-order valence-corrected chi connectivity index (χ0v) is 12.5. The number of piperidine rings is 1. The van der Waals surface area contributed by atoms with Gasteiger partial charge in [-0.3, -0.25) is 4.90 Å². The van der Waals surface area contributed by atoms with Crippen molar-refractivity contribution in [2.45, 2.75) is 32.7 Å². The molecule has 0 unspecified atom stereocenters. The van der Waals surface area contributed by atoms with Crippen LogP contribution in [0.4, 0.5) is 0 Å². The van der Waals surface area contributed by atoms with Crippen LogP contribution in [0.5, 0.6) is 0 Å². The van der Waals surface area contributed by atoms with Crippen molar-refractivity contribution in [3.63, 3.8) is 0 Å². The van der Waals surface area contributed by atoms with Crippen LogP contribution in [0.1, 0.15) is 37.1 Å². The number of aryl methyl sites for hydroxylation is 1. The van der Waals surface area contributed by atoms with E-state index in [1.54, 1.807) is 0 Å². The van der Waals surface area contributed by atoms with E-state index in [0.29, 0.717) is 0 Å². The predicted octanol–water partition coefficient (Wildman–Crippen LogP) is 3.31. The molecule has 21 heavy (non-hydrogen) atoms. The van der Waals surface area contributed by atoms with Gasteiger partial charge in [0.15, 0.2) is 0 Å². The van der Waals surface area contributed by atoms with Gasteiger partial charge in [-0.1, -0.05) is 48.9 Å². The Balaban J connectivity index is 1.54. The Hall–Kier alpha value is -1.94. The summed E-state index contributed by atoms with van der Waals surface area (Å²) in [7, 11) is 0. The summed E-state index contributed by atoms with van der Waals surface area (Å²) in [6.45, 7) is 4.91. The molecule has 110 valence electrons. The first-order chi connectivity index (χ1) is 10.3. The van der Waals surface area contributed by atoms with Gasteiger partial charge in [-0.25, -0.2) is 0 Å². The highest BCUT2D eigenvalue weighted by molar-refractivity contribution is 5.52. The Labute approximate surface area is 125 Å². The highest BCUT2D eigenvalue weighted by atomic mass is 16.4. The van der Waals surface area contributed by atoms with Gasteiger partial charge in [-0.2, -0.15) is 0 Å². The molecule has 4 heteroatoms. The predicted molar refractivity (Wildman–Crippen MR) is 82.6 cm³/mol. The van der Waals surface area contributed by atoms with E-state index in [0.717, 1.165) is 50.7 Å². The van der Waals surface area contributed by atoms with E-state index in [1.807, 2.05) is 6.92 Å². The van der Waals surface area contributed by atoms with Crippen LogP contribution >= 0.6 is 0 Å². The van der Waals surface area contributed by atoms with Crippen LogP contribution in [0.2, 0.25) is 0 Å². The number of rotatable bonds is 4. The van der Waals surface area contributed by atoms with E-state index in [9.17, 15) is 0 Å². The molecule has 2 heterocycles. The number of hydrogen-bond donors (Lipinski definition) is 0. The van der Waals surface area contributed by atoms with Crippen molar-refractivity contribution in [3.8, 4) is 0 Å². The summed E-state index contributed by atoms with van der Waals surface area (Å²) < 4.78 is 5.58. The maximum atomic E-state index is 5.58. The molecule has 1 aromatic carbocycles. The summed E-state index contributed by atoms with van der Waals surface area (Å²) >= 11 is 0. The highest BCUT2D eigenvalue weighted by Crippen LogP contribution is 2.20. The summed E-state index contributed by atoms with van der Waals surface area (Å²) in [4.78, 5) is 2.38. The second-order valence-electron chi connectivity index (χ2n) is 5.43.